The van der Waals surface area contributed by atoms with Crippen LogP contribution in [0.3, 0.4) is 0 Å². The van der Waals surface area contributed by atoms with E-state index in [4.69, 9.17) is 0 Å². The van der Waals surface area contributed by atoms with E-state index in [0.29, 0.717) is 0 Å². The van der Waals surface area contributed by atoms with Crippen molar-refractivity contribution in [3.63, 3.8) is 0 Å². The van der Waals surface area contributed by atoms with Crippen LogP contribution >= 0.6 is 15.9 Å². The fourth-order valence-corrected chi connectivity index (χ4v) is 2.78. The summed E-state index contributed by atoms with van der Waals surface area (Å²) in [5.41, 5.74) is 1.11. The maximum atomic E-state index is 9.78. The topological polar surface area (TPSA) is 35.5 Å². The van der Waals surface area contributed by atoms with E-state index in [9.17, 15) is 5.11 Å². The molecule has 1 atom stereocenters. The van der Waals surface area contributed by atoms with Gasteiger partial charge in [0.2, 0.25) is 0 Å². The summed E-state index contributed by atoms with van der Waals surface area (Å²) in [5.74, 6) is 0. The molecule has 1 aromatic rings. The summed E-state index contributed by atoms with van der Waals surface area (Å²) in [4.78, 5) is 2.39. The highest BCUT2D eigenvalue weighted by atomic mass is 79.9. The van der Waals surface area contributed by atoms with Gasteiger partial charge in [0.1, 0.15) is 0 Å². The van der Waals surface area contributed by atoms with Crippen LogP contribution < -0.4 is 5.32 Å². The number of hydrogen-bond donors (Lipinski definition) is 2. The summed E-state index contributed by atoms with van der Waals surface area (Å²) in [7, 11) is 0. The fraction of sp³-hybridized carbons (Fsp3) is 0.571. The van der Waals surface area contributed by atoms with E-state index in [2.05, 4.69) is 57.3 Å². The Balaban J connectivity index is 2.08. The van der Waals surface area contributed by atoms with Gasteiger partial charge >= 0.3 is 0 Å². The standard InChI is InChI=1S/C14H21BrN2O/c1-14(11-18,17-8-6-16-7-9-17)10-12-2-4-13(15)5-3-12/h2-5,16,18H,6-11H2,1H3. The van der Waals surface area contributed by atoms with Crippen molar-refractivity contribution in [2.75, 3.05) is 32.8 Å². The highest BCUT2D eigenvalue weighted by Gasteiger charge is 2.32. The smallest absolute Gasteiger partial charge is 0.0616 e. The molecule has 0 saturated carbocycles. The summed E-state index contributed by atoms with van der Waals surface area (Å²) in [6, 6.07) is 8.37. The molecular formula is C14H21BrN2O. The first kappa shape index (κ1) is 14.0. The summed E-state index contributed by atoms with van der Waals surface area (Å²) in [6.07, 6.45) is 0.886. The molecule has 4 heteroatoms. The second-order valence-electron chi connectivity index (χ2n) is 5.20. The Morgan fingerprint density at radius 3 is 2.44 bits per heavy atom. The van der Waals surface area contributed by atoms with Crippen LogP contribution in [0, 0.1) is 0 Å². The predicted molar refractivity (Wildman–Crippen MR) is 77.8 cm³/mol. The summed E-state index contributed by atoms with van der Waals surface area (Å²) < 4.78 is 1.10. The lowest BCUT2D eigenvalue weighted by atomic mass is 9.91. The van der Waals surface area contributed by atoms with Crippen molar-refractivity contribution >= 4 is 15.9 Å². The number of rotatable bonds is 4. The number of nitrogens with one attached hydrogen (secondary N) is 1. The number of piperazine rings is 1. The molecule has 3 nitrogen and oxygen atoms in total. The van der Waals surface area contributed by atoms with Gasteiger partial charge in [-0.3, -0.25) is 4.90 Å². The van der Waals surface area contributed by atoms with Gasteiger partial charge < -0.3 is 10.4 Å². The molecule has 1 fully saturated rings. The number of aliphatic hydroxyl groups is 1. The first-order valence-corrected chi connectivity index (χ1v) is 7.24. The molecule has 1 heterocycles. The summed E-state index contributed by atoms with van der Waals surface area (Å²) >= 11 is 3.45. The molecule has 1 aliphatic heterocycles. The molecule has 1 aromatic carbocycles. The van der Waals surface area contributed by atoms with Crippen LogP contribution in [0.2, 0.25) is 0 Å². The second-order valence-corrected chi connectivity index (χ2v) is 6.11. The lowest BCUT2D eigenvalue weighted by Crippen LogP contribution is -2.57. The van der Waals surface area contributed by atoms with E-state index < -0.39 is 0 Å². The Morgan fingerprint density at radius 2 is 1.89 bits per heavy atom. The molecule has 0 radical (unpaired) electrons. The van der Waals surface area contributed by atoms with Crippen LogP contribution in [0.25, 0.3) is 0 Å². The van der Waals surface area contributed by atoms with Crippen molar-refractivity contribution in [3.05, 3.63) is 34.3 Å². The highest BCUT2D eigenvalue weighted by Crippen LogP contribution is 2.22. The molecule has 18 heavy (non-hydrogen) atoms. The van der Waals surface area contributed by atoms with E-state index >= 15 is 0 Å². The summed E-state index contributed by atoms with van der Waals surface area (Å²) in [5, 5.41) is 13.1. The zero-order chi connectivity index (χ0) is 13.0. The van der Waals surface area contributed by atoms with Crippen molar-refractivity contribution in [3.8, 4) is 0 Å². The molecule has 0 spiro atoms. The number of benzene rings is 1. The normalized spacial score (nSPS) is 20.6. The molecule has 0 aromatic heterocycles. The van der Waals surface area contributed by atoms with Gasteiger partial charge in [0.15, 0.2) is 0 Å². The zero-order valence-electron chi connectivity index (χ0n) is 10.8. The van der Waals surface area contributed by atoms with E-state index in [1.165, 1.54) is 5.56 Å². The Kier molecular flexibility index (Phi) is 4.78. The molecule has 0 amide bonds. The van der Waals surface area contributed by atoms with Crippen molar-refractivity contribution in [1.29, 1.82) is 0 Å². The first-order chi connectivity index (χ1) is 8.64. The van der Waals surface area contributed by atoms with Gasteiger partial charge in [-0.2, -0.15) is 0 Å². The van der Waals surface area contributed by atoms with Gasteiger partial charge in [0, 0.05) is 36.2 Å². The Hall–Kier alpha value is -0.420. The molecule has 2 N–H and O–H groups in total. The van der Waals surface area contributed by atoms with Crippen molar-refractivity contribution in [2.45, 2.75) is 18.9 Å². The van der Waals surface area contributed by atoms with Crippen molar-refractivity contribution < 1.29 is 5.11 Å². The van der Waals surface area contributed by atoms with Crippen LogP contribution in [0.4, 0.5) is 0 Å². The minimum atomic E-state index is -0.157. The van der Waals surface area contributed by atoms with Crippen LogP contribution in [-0.4, -0.2) is 48.3 Å². The molecule has 1 saturated heterocycles. The lowest BCUT2D eigenvalue weighted by Gasteiger charge is -2.42. The molecule has 1 unspecified atom stereocenters. The molecule has 100 valence electrons. The lowest BCUT2D eigenvalue weighted by molar-refractivity contribution is 0.0340. The number of hydrogen-bond acceptors (Lipinski definition) is 3. The number of aliphatic hydroxyl groups excluding tert-OH is 1. The summed E-state index contributed by atoms with van der Waals surface area (Å²) in [6.45, 7) is 6.39. The fourth-order valence-electron chi connectivity index (χ4n) is 2.51. The zero-order valence-corrected chi connectivity index (χ0v) is 12.4. The third-order valence-electron chi connectivity index (χ3n) is 3.72. The number of halogens is 1. The Bertz CT molecular complexity index is 376. The SMILES string of the molecule is CC(CO)(Cc1ccc(Br)cc1)N1CCNCC1. The Labute approximate surface area is 117 Å². The van der Waals surface area contributed by atoms with Crippen LogP contribution in [0.15, 0.2) is 28.7 Å². The highest BCUT2D eigenvalue weighted by molar-refractivity contribution is 9.10. The van der Waals surface area contributed by atoms with E-state index in [1.54, 1.807) is 0 Å². The second kappa shape index (κ2) is 6.15. The van der Waals surface area contributed by atoms with E-state index in [1.807, 2.05) is 0 Å². The molecule has 0 aliphatic carbocycles. The van der Waals surface area contributed by atoms with Crippen LogP contribution in [0.1, 0.15) is 12.5 Å². The van der Waals surface area contributed by atoms with Gasteiger partial charge in [-0.15, -0.1) is 0 Å². The van der Waals surface area contributed by atoms with E-state index in [0.717, 1.165) is 37.1 Å². The van der Waals surface area contributed by atoms with Crippen molar-refractivity contribution in [1.82, 2.24) is 10.2 Å². The van der Waals surface area contributed by atoms with Crippen LogP contribution in [0.5, 0.6) is 0 Å². The van der Waals surface area contributed by atoms with Gasteiger partial charge in [-0.1, -0.05) is 28.1 Å². The minimum absolute atomic E-state index is 0.157. The first-order valence-electron chi connectivity index (χ1n) is 6.45. The minimum Gasteiger partial charge on any atom is -0.394 e. The van der Waals surface area contributed by atoms with Gasteiger partial charge in [0.25, 0.3) is 0 Å². The maximum absolute atomic E-state index is 9.78. The third kappa shape index (κ3) is 3.32. The quantitative estimate of drug-likeness (QED) is 0.887. The average molecular weight is 313 g/mol. The van der Waals surface area contributed by atoms with Gasteiger partial charge in [-0.05, 0) is 31.0 Å². The number of nitrogens with zero attached hydrogens (tertiary/aromatic N) is 1. The largest absolute Gasteiger partial charge is 0.394 e. The van der Waals surface area contributed by atoms with Crippen LogP contribution in [-0.2, 0) is 6.42 Å². The van der Waals surface area contributed by atoms with Crippen molar-refractivity contribution in [2.24, 2.45) is 0 Å². The molecule has 1 aliphatic rings. The van der Waals surface area contributed by atoms with E-state index in [-0.39, 0.29) is 12.1 Å². The average Bonchev–Trinajstić information content (AvgIpc) is 2.42. The van der Waals surface area contributed by atoms with Gasteiger partial charge in [-0.25, -0.2) is 0 Å². The molecule has 0 bridgehead atoms. The molecule has 2 rings (SSSR count). The Morgan fingerprint density at radius 1 is 1.28 bits per heavy atom. The maximum Gasteiger partial charge on any atom is 0.0616 e. The van der Waals surface area contributed by atoms with Gasteiger partial charge in [0.05, 0.1) is 6.61 Å². The predicted octanol–water partition coefficient (Wildman–Crippen LogP) is 1.65. The molecular weight excluding hydrogens is 292 g/mol. The monoisotopic (exact) mass is 312 g/mol. The third-order valence-corrected chi connectivity index (χ3v) is 4.25.